The first kappa shape index (κ1) is 14.4. The molecule has 0 saturated carbocycles. The largest absolute Gasteiger partial charge is 0.487 e. The van der Waals surface area contributed by atoms with Crippen LogP contribution >= 0.6 is 0 Å². The zero-order valence-electron chi connectivity index (χ0n) is 12.8. The molecule has 0 aromatic heterocycles. The van der Waals surface area contributed by atoms with Gasteiger partial charge < -0.3 is 9.84 Å². The molecule has 2 aliphatic heterocycles. The molecule has 1 atom stereocenters. The van der Waals surface area contributed by atoms with Crippen molar-refractivity contribution in [1.82, 2.24) is 4.90 Å². The van der Waals surface area contributed by atoms with Crippen molar-refractivity contribution >= 4 is 5.97 Å². The van der Waals surface area contributed by atoms with E-state index in [2.05, 4.69) is 4.90 Å². The van der Waals surface area contributed by atoms with Crippen LogP contribution in [0, 0.1) is 0 Å². The molecule has 1 saturated heterocycles. The molecule has 2 heterocycles. The molecule has 4 nitrogen and oxygen atoms in total. The summed E-state index contributed by atoms with van der Waals surface area (Å²) < 4.78 is 6.06. The predicted octanol–water partition coefficient (Wildman–Crippen LogP) is 3.01. The lowest BCUT2D eigenvalue weighted by Gasteiger charge is -2.33. The number of carboxylic acid groups (broad SMARTS) is 1. The lowest BCUT2D eigenvalue weighted by Crippen LogP contribution is -2.38. The number of rotatable bonds is 3. The summed E-state index contributed by atoms with van der Waals surface area (Å²) >= 11 is 0. The molecule has 2 aliphatic rings. The summed E-state index contributed by atoms with van der Waals surface area (Å²) in [5.41, 5.74) is 1.69. The zero-order chi connectivity index (χ0) is 15.0. The molecule has 3 rings (SSSR count). The van der Waals surface area contributed by atoms with E-state index in [9.17, 15) is 9.90 Å². The summed E-state index contributed by atoms with van der Waals surface area (Å²) in [7, 11) is 0. The van der Waals surface area contributed by atoms with Crippen LogP contribution in [0.1, 0.15) is 50.3 Å². The van der Waals surface area contributed by atoms with Crippen LogP contribution in [0.3, 0.4) is 0 Å². The van der Waals surface area contributed by atoms with Gasteiger partial charge in [-0.05, 0) is 45.3 Å². The van der Waals surface area contributed by atoms with Crippen molar-refractivity contribution in [2.75, 3.05) is 13.1 Å². The van der Waals surface area contributed by atoms with Crippen molar-refractivity contribution in [3.63, 3.8) is 0 Å². The maximum atomic E-state index is 11.9. The number of nitrogens with zero attached hydrogens (tertiary/aromatic N) is 1. The Balaban J connectivity index is 1.98. The number of para-hydroxylation sites is 1. The van der Waals surface area contributed by atoms with Crippen LogP contribution in [-0.4, -0.2) is 34.7 Å². The summed E-state index contributed by atoms with van der Waals surface area (Å²) in [5, 5.41) is 9.74. The molecule has 114 valence electrons. The van der Waals surface area contributed by atoms with Gasteiger partial charge in [0.15, 0.2) is 0 Å². The quantitative estimate of drug-likeness (QED) is 0.929. The van der Waals surface area contributed by atoms with E-state index in [1.54, 1.807) is 0 Å². The molecular formula is C17H23NO3. The van der Waals surface area contributed by atoms with Gasteiger partial charge in [0.2, 0.25) is 0 Å². The lowest BCUT2D eigenvalue weighted by atomic mass is 9.96. The minimum Gasteiger partial charge on any atom is -0.487 e. The summed E-state index contributed by atoms with van der Waals surface area (Å²) in [6, 6.07) is 5.32. The van der Waals surface area contributed by atoms with E-state index in [1.165, 1.54) is 6.42 Å². The van der Waals surface area contributed by atoms with Crippen molar-refractivity contribution in [3.05, 3.63) is 29.3 Å². The van der Waals surface area contributed by atoms with E-state index in [4.69, 9.17) is 4.74 Å². The van der Waals surface area contributed by atoms with Gasteiger partial charge in [-0.2, -0.15) is 0 Å². The molecule has 1 aromatic carbocycles. The summed E-state index contributed by atoms with van der Waals surface area (Å²) in [6.45, 7) is 5.80. The number of carboxylic acids is 1. The third-order valence-corrected chi connectivity index (χ3v) is 4.41. The van der Waals surface area contributed by atoms with Gasteiger partial charge in [-0.15, -0.1) is 0 Å². The van der Waals surface area contributed by atoms with Crippen LogP contribution in [-0.2, 0) is 11.2 Å². The number of fused-ring (bicyclic) bond motifs is 1. The number of benzene rings is 1. The molecule has 1 aromatic rings. The molecule has 21 heavy (non-hydrogen) atoms. The Kier molecular flexibility index (Phi) is 3.66. The van der Waals surface area contributed by atoms with Crippen LogP contribution in [0.2, 0.25) is 0 Å². The van der Waals surface area contributed by atoms with E-state index >= 15 is 0 Å². The Morgan fingerprint density at radius 2 is 2.00 bits per heavy atom. The molecule has 4 heteroatoms. The Labute approximate surface area is 125 Å². The van der Waals surface area contributed by atoms with E-state index in [0.29, 0.717) is 0 Å². The van der Waals surface area contributed by atoms with E-state index in [0.717, 1.165) is 49.2 Å². The highest BCUT2D eigenvalue weighted by atomic mass is 16.5. The van der Waals surface area contributed by atoms with Gasteiger partial charge in [0.1, 0.15) is 17.4 Å². The second-order valence-corrected chi connectivity index (χ2v) is 6.71. The maximum Gasteiger partial charge on any atom is 0.325 e. The molecule has 0 aliphatic carbocycles. The third kappa shape index (κ3) is 2.77. The van der Waals surface area contributed by atoms with Crippen molar-refractivity contribution < 1.29 is 14.6 Å². The van der Waals surface area contributed by atoms with Crippen molar-refractivity contribution in [1.29, 1.82) is 0 Å². The molecule has 0 amide bonds. The highest BCUT2D eigenvalue weighted by Crippen LogP contribution is 2.41. The van der Waals surface area contributed by atoms with E-state index in [-0.39, 0.29) is 5.60 Å². The zero-order valence-corrected chi connectivity index (χ0v) is 12.8. The van der Waals surface area contributed by atoms with E-state index < -0.39 is 12.0 Å². The van der Waals surface area contributed by atoms with Gasteiger partial charge in [0, 0.05) is 12.0 Å². The first-order valence-electron chi connectivity index (χ1n) is 7.76. The molecule has 1 fully saturated rings. The van der Waals surface area contributed by atoms with Crippen LogP contribution in [0.4, 0.5) is 0 Å². The van der Waals surface area contributed by atoms with Crippen molar-refractivity contribution in [3.8, 4) is 5.75 Å². The van der Waals surface area contributed by atoms with Gasteiger partial charge in [-0.25, -0.2) is 0 Å². The van der Waals surface area contributed by atoms with Crippen molar-refractivity contribution in [2.24, 2.45) is 0 Å². The number of aliphatic carboxylic acids is 1. The predicted molar refractivity (Wildman–Crippen MR) is 80.7 cm³/mol. The Morgan fingerprint density at radius 3 is 2.67 bits per heavy atom. The van der Waals surface area contributed by atoms with Crippen LogP contribution in [0.15, 0.2) is 18.2 Å². The third-order valence-electron chi connectivity index (χ3n) is 4.41. The smallest absolute Gasteiger partial charge is 0.325 e. The molecule has 0 radical (unpaired) electrons. The van der Waals surface area contributed by atoms with Gasteiger partial charge in [0.25, 0.3) is 0 Å². The van der Waals surface area contributed by atoms with Crippen LogP contribution in [0.25, 0.3) is 0 Å². The average molecular weight is 289 g/mol. The first-order valence-corrected chi connectivity index (χ1v) is 7.76. The monoisotopic (exact) mass is 289 g/mol. The fraction of sp³-hybridized carbons (Fsp3) is 0.588. The number of carbonyl (C=O) groups is 1. The maximum absolute atomic E-state index is 11.9. The Morgan fingerprint density at radius 1 is 1.29 bits per heavy atom. The van der Waals surface area contributed by atoms with Crippen LogP contribution < -0.4 is 4.74 Å². The fourth-order valence-electron chi connectivity index (χ4n) is 3.52. The number of likely N-dealkylation sites (tertiary alicyclic amines) is 1. The normalized spacial score (nSPS) is 22.4. The molecule has 1 N–H and O–H groups in total. The van der Waals surface area contributed by atoms with Gasteiger partial charge >= 0.3 is 5.97 Å². The molecule has 0 spiro atoms. The molecule has 1 unspecified atom stereocenters. The first-order chi connectivity index (χ1) is 9.98. The molecular weight excluding hydrogens is 266 g/mol. The number of piperidine rings is 1. The number of ether oxygens (including phenoxy) is 1. The summed E-state index contributed by atoms with van der Waals surface area (Å²) in [5.74, 6) is 0.0130. The Bertz CT molecular complexity index is 547. The summed E-state index contributed by atoms with van der Waals surface area (Å²) in [4.78, 5) is 13.9. The van der Waals surface area contributed by atoms with Crippen LogP contribution in [0.5, 0.6) is 5.75 Å². The number of hydrogen-bond donors (Lipinski definition) is 1. The molecule has 0 bridgehead atoms. The van der Waals surface area contributed by atoms with Gasteiger partial charge in [-0.3, -0.25) is 9.69 Å². The topological polar surface area (TPSA) is 49.8 Å². The van der Waals surface area contributed by atoms with Crippen molar-refractivity contribution in [2.45, 2.75) is 51.2 Å². The Hall–Kier alpha value is -1.55. The lowest BCUT2D eigenvalue weighted by molar-refractivity contribution is -0.144. The standard InChI is InChI=1S/C17H23NO3/c1-17(2)11-12-7-6-8-13(15(12)21-17)14(16(19)20)18-9-4-3-5-10-18/h6-8,14H,3-5,9-11H2,1-2H3,(H,19,20). The second kappa shape index (κ2) is 5.34. The average Bonchev–Trinajstić information content (AvgIpc) is 2.75. The second-order valence-electron chi connectivity index (χ2n) is 6.71. The van der Waals surface area contributed by atoms with E-state index in [1.807, 2.05) is 32.0 Å². The minimum atomic E-state index is -0.779. The SMILES string of the molecule is CC1(C)Cc2cccc(C(C(=O)O)N3CCCCC3)c2O1. The summed E-state index contributed by atoms with van der Waals surface area (Å²) in [6.07, 6.45) is 4.18. The van der Waals surface area contributed by atoms with Gasteiger partial charge in [-0.1, -0.05) is 24.6 Å². The highest BCUT2D eigenvalue weighted by Gasteiger charge is 2.37. The highest BCUT2D eigenvalue weighted by molar-refractivity contribution is 5.77. The minimum absolute atomic E-state index is 0.247. The van der Waals surface area contributed by atoms with Gasteiger partial charge in [0.05, 0.1) is 0 Å². The number of hydrogen-bond acceptors (Lipinski definition) is 3. The fourth-order valence-corrected chi connectivity index (χ4v) is 3.52.